The van der Waals surface area contributed by atoms with Crippen molar-refractivity contribution in [2.75, 3.05) is 19.8 Å². The predicted octanol–water partition coefficient (Wildman–Crippen LogP) is 1.63. The second-order valence-corrected chi connectivity index (χ2v) is 4.62. The zero-order valence-electron chi connectivity index (χ0n) is 12.3. The third-order valence-electron chi connectivity index (χ3n) is 2.63. The molecular formula is C14H22O6. The van der Waals surface area contributed by atoms with Crippen molar-refractivity contribution in [2.45, 2.75) is 33.6 Å². The van der Waals surface area contributed by atoms with Gasteiger partial charge in [-0.15, -0.1) is 0 Å². The summed E-state index contributed by atoms with van der Waals surface area (Å²) in [5.41, 5.74) is -0.731. The molecule has 20 heavy (non-hydrogen) atoms. The molecule has 0 radical (unpaired) electrons. The van der Waals surface area contributed by atoms with Gasteiger partial charge in [-0.1, -0.05) is 19.9 Å². The number of hydrogen-bond acceptors (Lipinski definition) is 6. The molecular weight excluding hydrogens is 264 g/mol. The smallest absolute Gasteiger partial charge is 0.330 e. The van der Waals surface area contributed by atoms with Crippen LogP contribution in [-0.4, -0.2) is 37.7 Å². The summed E-state index contributed by atoms with van der Waals surface area (Å²) >= 11 is 0. The Bertz CT molecular complexity index is 343. The van der Waals surface area contributed by atoms with Crippen LogP contribution in [0.25, 0.3) is 0 Å². The van der Waals surface area contributed by atoms with Crippen molar-refractivity contribution in [3.05, 3.63) is 12.7 Å². The number of esters is 3. The molecule has 0 aromatic rings. The molecule has 0 amide bonds. The van der Waals surface area contributed by atoms with Gasteiger partial charge in [-0.05, 0) is 6.42 Å². The van der Waals surface area contributed by atoms with Gasteiger partial charge in [-0.25, -0.2) is 4.79 Å². The Morgan fingerprint density at radius 1 is 1.00 bits per heavy atom. The molecule has 0 aliphatic heterocycles. The van der Waals surface area contributed by atoms with Crippen molar-refractivity contribution in [3.63, 3.8) is 0 Å². The molecule has 0 aromatic heterocycles. The Labute approximate surface area is 119 Å². The van der Waals surface area contributed by atoms with Crippen molar-refractivity contribution in [2.24, 2.45) is 5.41 Å². The molecule has 114 valence electrons. The van der Waals surface area contributed by atoms with Crippen LogP contribution in [0, 0.1) is 5.41 Å². The van der Waals surface area contributed by atoms with Gasteiger partial charge in [0, 0.05) is 19.9 Å². The van der Waals surface area contributed by atoms with Gasteiger partial charge in [-0.2, -0.15) is 0 Å². The van der Waals surface area contributed by atoms with E-state index in [0.29, 0.717) is 6.42 Å². The average molecular weight is 286 g/mol. The third-order valence-corrected chi connectivity index (χ3v) is 2.63. The Balaban J connectivity index is 4.87. The highest BCUT2D eigenvalue weighted by Gasteiger charge is 2.34. The van der Waals surface area contributed by atoms with Gasteiger partial charge in [0.2, 0.25) is 0 Å². The standard InChI is InChI=1S/C14H22O6/c1-5-7-14(8-18-11(3)15,9-19-12(4)16)10-20-13(17)6-2/h6H,2,5,7-10H2,1,3-4H3. The van der Waals surface area contributed by atoms with Crippen LogP contribution in [0.15, 0.2) is 12.7 Å². The van der Waals surface area contributed by atoms with Crippen LogP contribution in [0.4, 0.5) is 0 Å². The lowest BCUT2D eigenvalue weighted by Gasteiger charge is -2.31. The Morgan fingerprint density at radius 2 is 1.45 bits per heavy atom. The number of carbonyl (C=O) groups is 3. The minimum atomic E-state index is -0.731. The lowest BCUT2D eigenvalue weighted by Crippen LogP contribution is -2.39. The van der Waals surface area contributed by atoms with Gasteiger partial charge in [0.05, 0.1) is 5.41 Å². The minimum Gasteiger partial charge on any atom is -0.465 e. The van der Waals surface area contributed by atoms with Crippen molar-refractivity contribution < 1.29 is 28.6 Å². The van der Waals surface area contributed by atoms with Crippen molar-refractivity contribution >= 4 is 17.9 Å². The quantitative estimate of drug-likeness (QED) is 0.364. The zero-order chi connectivity index (χ0) is 15.6. The van der Waals surface area contributed by atoms with E-state index in [4.69, 9.17) is 14.2 Å². The number of rotatable bonds is 9. The molecule has 0 aliphatic carbocycles. The Morgan fingerprint density at radius 3 is 1.80 bits per heavy atom. The van der Waals surface area contributed by atoms with E-state index in [-0.39, 0.29) is 19.8 Å². The van der Waals surface area contributed by atoms with E-state index in [9.17, 15) is 14.4 Å². The summed E-state index contributed by atoms with van der Waals surface area (Å²) in [7, 11) is 0. The second kappa shape index (κ2) is 9.12. The summed E-state index contributed by atoms with van der Waals surface area (Å²) in [6.07, 6.45) is 2.39. The molecule has 0 bridgehead atoms. The predicted molar refractivity (Wildman–Crippen MR) is 71.8 cm³/mol. The molecule has 0 saturated carbocycles. The maximum atomic E-state index is 11.2. The van der Waals surface area contributed by atoms with Crippen LogP contribution >= 0.6 is 0 Å². The molecule has 0 unspecified atom stereocenters. The number of carbonyl (C=O) groups excluding carboxylic acids is 3. The van der Waals surface area contributed by atoms with Gasteiger partial charge in [0.1, 0.15) is 19.8 Å². The van der Waals surface area contributed by atoms with Crippen LogP contribution in [0.2, 0.25) is 0 Å². The van der Waals surface area contributed by atoms with Crippen LogP contribution in [0.3, 0.4) is 0 Å². The average Bonchev–Trinajstić information content (AvgIpc) is 2.40. The van der Waals surface area contributed by atoms with Gasteiger partial charge in [0.15, 0.2) is 0 Å². The van der Waals surface area contributed by atoms with E-state index < -0.39 is 23.3 Å². The van der Waals surface area contributed by atoms with E-state index in [1.54, 1.807) is 0 Å². The SMILES string of the molecule is C=CC(=O)OCC(CCC)(COC(C)=O)COC(C)=O. The normalized spacial score (nSPS) is 10.6. The lowest BCUT2D eigenvalue weighted by molar-refractivity contribution is -0.158. The first-order valence-corrected chi connectivity index (χ1v) is 6.41. The summed E-state index contributed by atoms with van der Waals surface area (Å²) in [5, 5.41) is 0. The zero-order valence-corrected chi connectivity index (χ0v) is 12.3. The summed E-state index contributed by atoms with van der Waals surface area (Å²) in [5.74, 6) is -1.46. The van der Waals surface area contributed by atoms with Crippen LogP contribution in [0.5, 0.6) is 0 Å². The molecule has 0 heterocycles. The highest BCUT2D eigenvalue weighted by molar-refractivity contribution is 5.81. The molecule has 0 fully saturated rings. The largest absolute Gasteiger partial charge is 0.465 e. The first kappa shape index (κ1) is 18.1. The van der Waals surface area contributed by atoms with Crippen LogP contribution < -0.4 is 0 Å². The third kappa shape index (κ3) is 7.56. The van der Waals surface area contributed by atoms with Crippen molar-refractivity contribution in [3.8, 4) is 0 Å². The fourth-order valence-electron chi connectivity index (χ4n) is 1.66. The molecule has 6 heteroatoms. The summed E-state index contributed by atoms with van der Waals surface area (Å²) in [4.78, 5) is 33.1. The maximum absolute atomic E-state index is 11.2. The molecule has 0 rings (SSSR count). The number of ether oxygens (including phenoxy) is 3. The molecule has 0 atom stereocenters. The fourth-order valence-corrected chi connectivity index (χ4v) is 1.66. The maximum Gasteiger partial charge on any atom is 0.330 e. The van der Waals surface area contributed by atoms with E-state index >= 15 is 0 Å². The fraction of sp³-hybridized carbons (Fsp3) is 0.643. The summed E-state index contributed by atoms with van der Waals surface area (Å²) < 4.78 is 15.1. The van der Waals surface area contributed by atoms with Gasteiger partial charge in [0.25, 0.3) is 0 Å². The molecule has 0 aliphatic rings. The molecule has 0 aromatic carbocycles. The van der Waals surface area contributed by atoms with Gasteiger partial charge >= 0.3 is 17.9 Å². The highest BCUT2D eigenvalue weighted by atomic mass is 16.6. The van der Waals surface area contributed by atoms with E-state index in [2.05, 4.69) is 6.58 Å². The molecule has 0 saturated heterocycles. The Kier molecular flexibility index (Phi) is 8.27. The minimum absolute atomic E-state index is 0.00769. The monoisotopic (exact) mass is 286 g/mol. The lowest BCUT2D eigenvalue weighted by atomic mass is 9.86. The first-order valence-electron chi connectivity index (χ1n) is 6.41. The van der Waals surface area contributed by atoms with E-state index in [1.165, 1.54) is 13.8 Å². The van der Waals surface area contributed by atoms with Gasteiger partial charge < -0.3 is 14.2 Å². The topological polar surface area (TPSA) is 78.9 Å². The molecule has 0 N–H and O–H groups in total. The van der Waals surface area contributed by atoms with Crippen LogP contribution in [-0.2, 0) is 28.6 Å². The second-order valence-electron chi connectivity index (χ2n) is 4.62. The van der Waals surface area contributed by atoms with Crippen molar-refractivity contribution in [1.29, 1.82) is 0 Å². The molecule has 6 nitrogen and oxygen atoms in total. The van der Waals surface area contributed by atoms with E-state index in [0.717, 1.165) is 12.5 Å². The van der Waals surface area contributed by atoms with Crippen molar-refractivity contribution in [1.82, 2.24) is 0 Å². The highest BCUT2D eigenvalue weighted by Crippen LogP contribution is 2.26. The molecule has 0 spiro atoms. The Hall–Kier alpha value is -1.85. The first-order chi connectivity index (χ1) is 9.35. The van der Waals surface area contributed by atoms with E-state index in [1.807, 2.05) is 6.92 Å². The summed E-state index contributed by atoms with van der Waals surface area (Å²) in [6.45, 7) is 7.86. The van der Waals surface area contributed by atoms with Crippen LogP contribution in [0.1, 0.15) is 33.6 Å². The summed E-state index contributed by atoms with van der Waals surface area (Å²) in [6, 6.07) is 0. The van der Waals surface area contributed by atoms with Gasteiger partial charge in [-0.3, -0.25) is 9.59 Å². The number of hydrogen-bond donors (Lipinski definition) is 0.